The van der Waals surface area contributed by atoms with E-state index in [0.29, 0.717) is 5.56 Å². The van der Waals surface area contributed by atoms with E-state index in [1.54, 1.807) is 42.5 Å². The topological polar surface area (TPSA) is 63.2 Å². The minimum absolute atomic E-state index is 0.0249. The van der Waals surface area contributed by atoms with Crippen molar-refractivity contribution in [2.24, 2.45) is 0 Å². The van der Waals surface area contributed by atoms with Crippen molar-refractivity contribution < 1.29 is 17.6 Å². The monoisotopic (exact) mass is 431 g/mol. The van der Waals surface area contributed by atoms with Crippen LogP contribution in [0.2, 0.25) is 0 Å². The van der Waals surface area contributed by atoms with Gasteiger partial charge in [0.2, 0.25) is 10.0 Å². The summed E-state index contributed by atoms with van der Waals surface area (Å²) in [6, 6.07) is 18.6. The second-order valence-corrected chi connectivity index (χ2v) is 8.78. The number of aryl methyl sites for hydroxylation is 1. The van der Waals surface area contributed by atoms with Gasteiger partial charge in [0.05, 0.1) is 10.3 Å². The molecule has 0 bridgehead atoms. The van der Waals surface area contributed by atoms with E-state index < -0.39 is 33.0 Å². The molecule has 0 radical (unpaired) electrons. The summed E-state index contributed by atoms with van der Waals surface area (Å²) in [7, 11) is -4.02. The van der Waals surface area contributed by atoms with Gasteiger partial charge in [-0.3, -0.25) is 4.79 Å². The van der Waals surface area contributed by atoms with Crippen molar-refractivity contribution in [2.45, 2.75) is 23.2 Å². The third-order valence-electron chi connectivity index (χ3n) is 4.44. The maximum atomic E-state index is 13.3. The number of halogens is 2. The molecule has 0 aliphatic heterocycles. The van der Waals surface area contributed by atoms with E-state index in [9.17, 15) is 17.6 Å². The minimum Gasteiger partial charge on any atom is -0.292 e. The molecule has 0 spiro atoms. The van der Waals surface area contributed by atoms with Crippen molar-refractivity contribution in [3.63, 3.8) is 0 Å². The summed E-state index contributed by atoms with van der Waals surface area (Å²) in [5.41, 5.74) is 1.65. The maximum absolute atomic E-state index is 13.3. The average Bonchev–Trinajstić information content (AvgIpc) is 2.72. The van der Waals surface area contributed by atoms with E-state index in [0.717, 1.165) is 17.7 Å². The largest absolute Gasteiger partial charge is 0.292 e. The number of hydrogen-bond acceptors (Lipinski definition) is 3. The van der Waals surface area contributed by atoms with Crippen LogP contribution in [0.4, 0.5) is 4.39 Å². The maximum Gasteiger partial charge on any atom is 0.241 e. The molecule has 0 saturated carbocycles. The molecule has 3 aromatic carbocycles. The Balaban J connectivity index is 1.99. The summed E-state index contributed by atoms with van der Waals surface area (Å²) >= 11 is 6.55. The van der Waals surface area contributed by atoms with Gasteiger partial charge in [0.25, 0.3) is 0 Å². The summed E-state index contributed by atoms with van der Waals surface area (Å²) in [4.78, 5) is 13.1. The molecular weight excluding hydrogens is 413 g/mol. The predicted molar refractivity (Wildman–Crippen MR) is 111 cm³/mol. The van der Waals surface area contributed by atoms with E-state index in [1.165, 1.54) is 24.3 Å². The first-order valence-corrected chi connectivity index (χ1v) is 10.8. The number of benzene rings is 3. The van der Waals surface area contributed by atoms with Gasteiger partial charge in [0, 0.05) is 5.56 Å². The van der Waals surface area contributed by atoms with E-state index in [-0.39, 0.29) is 10.5 Å². The second kappa shape index (κ2) is 8.86. The van der Waals surface area contributed by atoms with Gasteiger partial charge >= 0.3 is 0 Å². The Morgan fingerprint density at radius 1 is 0.931 bits per heavy atom. The molecule has 150 valence electrons. The molecule has 29 heavy (non-hydrogen) atoms. The van der Waals surface area contributed by atoms with Crippen LogP contribution in [0.15, 0.2) is 83.8 Å². The van der Waals surface area contributed by atoms with Gasteiger partial charge in [-0.1, -0.05) is 48.0 Å². The normalized spacial score (nSPS) is 13.6. The van der Waals surface area contributed by atoms with Crippen molar-refractivity contribution in [1.82, 2.24) is 4.72 Å². The fourth-order valence-corrected chi connectivity index (χ4v) is 4.43. The van der Waals surface area contributed by atoms with Crippen LogP contribution in [0, 0.1) is 12.7 Å². The molecule has 0 unspecified atom stereocenters. The molecule has 7 heteroatoms. The molecule has 1 N–H and O–H groups in total. The fraction of sp³-hybridized carbons (Fsp3) is 0.136. The summed E-state index contributed by atoms with van der Waals surface area (Å²) in [5, 5.41) is -0.964. The smallest absolute Gasteiger partial charge is 0.241 e. The van der Waals surface area contributed by atoms with Crippen LogP contribution in [0.1, 0.15) is 26.9 Å². The highest BCUT2D eigenvalue weighted by Crippen LogP contribution is 2.28. The van der Waals surface area contributed by atoms with Crippen LogP contribution in [0.25, 0.3) is 0 Å². The fourth-order valence-electron chi connectivity index (χ4n) is 2.82. The van der Waals surface area contributed by atoms with E-state index in [4.69, 9.17) is 11.6 Å². The van der Waals surface area contributed by atoms with Crippen molar-refractivity contribution in [3.05, 3.63) is 101 Å². The molecule has 0 fully saturated rings. The molecular formula is C22H19ClFNO3S. The van der Waals surface area contributed by atoms with Crippen LogP contribution in [-0.2, 0) is 10.0 Å². The first-order valence-electron chi connectivity index (χ1n) is 8.86. The summed E-state index contributed by atoms with van der Waals surface area (Å²) in [5.74, 6) is -1.05. The zero-order valence-corrected chi connectivity index (χ0v) is 17.1. The highest BCUT2D eigenvalue weighted by molar-refractivity contribution is 7.89. The number of carbonyl (C=O) groups excluding carboxylic acids is 1. The number of carbonyl (C=O) groups is 1. The quantitative estimate of drug-likeness (QED) is 0.437. The second-order valence-electron chi connectivity index (χ2n) is 6.60. The lowest BCUT2D eigenvalue weighted by Crippen LogP contribution is -2.43. The molecule has 2 atom stereocenters. The van der Waals surface area contributed by atoms with Gasteiger partial charge < -0.3 is 0 Å². The summed E-state index contributed by atoms with van der Waals surface area (Å²) in [6.45, 7) is 1.84. The third kappa shape index (κ3) is 5.09. The van der Waals surface area contributed by atoms with E-state index in [1.807, 2.05) is 6.92 Å². The molecule has 3 aromatic rings. The van der Waals surface area contributed by atoms with E-state index >= 15 is 0 Å². The van der Waals surface area contributed by atoms with Crippen molar-refractivity contribution in [3.8, 4) is 0 Å². The van der Waals surface area contributed by atoms with Crippen LogP contribution < -0.4 is 4.72 Å². The van der Waals surface area contributed by atoms with Crippen molar-refractivity contribution in [1.29, 1.82) is 0 Å². The Bertz CT molecular complexity index is 1090. The SMILES string of the molecule is Cc1ccc(S(=O)(=O)N[C@@H](C(=O)c2ccc(F)cc2)[C@H](Cl)c2ccccc2)cc1. The molecule has 4 nitrogen and oxygen atoms in total. The number of hydrogen-bond donors (Lipinski definition) is 1. The van der Waals surface area contributed by atoms with Gasteiger partial charge in [-0.25, -0.2) is 12.8 Å². The van der Waals surface area contributed by atoms with Crippen LogP contribution in [0.5, 0.6) is 0 Å². The molecule has 0 aromatic heterocycles. The molecule has 0 aliphatic rings. The lowest BCUT2D eigenvalue weighted by molar-refractivity contribution is 0.0951. The number of Topliss-reactive ketones (excluding diaryl/α,β-unsaturated/α-hetero) is 1. The number of nitrogens with one attached hydrogen (secondary N) is 1. The van der Waals surface area contributed by atoms with Gasteiger partial charge in [0.15, 0.2) is 5.78 Å². The van der Waals surface area contributed by atoms with Crippen LogP contribution in [-0.4, -0.2) is 20.2 Å². The molecule has 3 rings (SSSR count). The van der Waals surface area contributed by atoms with Crippen LogP contribution in [0.3, 0.4) is 0 Å². The number of ketones is 1. The molecule has 0 aliphatic carbocycles. The molecule has 0 amide bonds. The summed E-state index contributed by atoms with van der Waals surface area (Å²) in [6.07, 6.45) is 0. The minimum atomic E-state index is -4.02. The standard InChI is InChI=1S/C22H19ClFNO3S/c1-15-7-13-19(14-8-15)29(27,28)25-21(20(23)16-5-3-2-4-6-16)22(26)17-9-11-18(24)12-10-17/h2-14,20-21,25H,1H3/t20-,21-/m1/s1. The Kier molecular flexibility index (Phi) is 6.47. The lowest BCUT2D eigenvalue weighted by Gasteiger charge is -2.23. The Morgan fingerprint density at radius 2 is 1.52 bits per heavy atom. The predicted octanol–water partition coefficient (Wildman–Crippen LogP) is 4.64. The number of sulfonamides is 1. The highest BCUT2D eigenvalue weighted by Gasteiger charge is 2.33. The van der Waals surface area contributed by atoms with Gasteiger partial charge in [0.1, 0.15) is 11.9 Å². The number of rotatable bonds is 7. The third-order valence-corrected chi connectivity index (χ3v) is 6.40. The first kappa shape index (κ1) is 21.2. The Morgan fingerprint density at radius 3 is 2.10 bits per heavy atom. The zero-order valence-electron chi connectivity index (χ0n) is 15.5. The Hall–Kier alpha value is -2.54. The van der Waals surface area contributed by atoms with Gasteiger partial charge in [-0.2, -0.15) is 4.72 Å². The number of alkyl halides is 1. The van der Waals surface area contributed by atoms with Crippen molar-refractivity contribution in [2.75, 3.05) is 0 Å². The lowest BCUT2D eigenvalue weighted by atomic mass is 9.98. The zero-order chi connectivity index (χ0) is 21.0. The first-order chi connectivity index (χ1) is 13.8. The van der Waals surface area contributed by atoms with E-state index in [2.05, 4.69) is 4.72 Å². The molecule has 0 heterocycles. The average molecular weight is 432 g/mol. The van der Waals surface area contributed by atoms with Gasteiger partial charge in [-0.05, 0) is 48.9 Å². The Labute approximate surface area is 174 Å². The summed E-state index contributed by atoms with van der Waals surface area (Å²) < 4.78 is 41.5. The van der Waals surface area contributed by atoms with Crippen LogP contribution >= 0.6 is 11.6 Å². The van der Waals surface area contributed by atoms with Crippen molar-refractivity contribution >= 4 is 27.4 Å². The molecule has 0 saturated heterocycles. The van der Waals surface area contributed by atoms with Gasteiger partial charge in [-0.15, -0.1) is 11.6 Å². The highest BCUT2D eigenvalue weighted by atomic mass is 35.5.